The number of likely N-dealkylation sites (N-methyl/N-ethyl adjacent to an activating group) is 1. The van der Waals surface area contributed by atoms with Crippen molar-refractivity contribution in [2.75, 3.05) is 19.9 Å². The van der Waals surface area contributed by atoms with Crippen LogP contribution in [0.2, 0.25) is 0 Å². The van der Waals surface area contributed by atoms with E-state index in [1.807, 2.05) is 26.0 Å². The van der Waals surface area contributed by atoms with E-state index >= 15 is 0 Å². The van der Waals surface area contributed by atoms with E-state index in [1.54, 1.807) is 47.4 Å². The summed E-state index contributed by atoms with van der Waals surface area (Å²) in [5.74, 6) is 0.718. The molecule has 0 aliphatic carbocycles. The number of hydrogen-bond donors (Lipinski definition) is 1. The highest BCUT2D eigenvalue weighted by atomic mass is 16.7. The van der Waals surface area contributed by atoms with Crippen molar-refractivity contribution in [3.8, 4) is 11.5 Å². The van der Waals surface area contributed by atoms with Crippen molar-refractivity contribution in [2.24, 2.45) is 0 Å². The molecule has 0 saturated carbocycles. The fraction of sp³-hybridized carbons (Fsp3) is 0.238. The Bertz CT molecular complexity index is 858. The molecule has 6 nitrogen and oxygen atoms in total. The largest absolute Gasteiger partial charge is 0.454 e. The summed E-state index contributed by atoms with van der Waals surface area (Å²) in [5, 5.41) is 2.76. The van der Waals surface area contributed by atoms with Crippen LogP contribution in [-0.4, -0.2) is 36.6 Å². The molecular formula is C21H22N2O4. The molecule has 27 heavy (non-hydrogen) atoms. The average molecular weight is 366 g/mol. The van der Waals surface area contributed by atoms with Gasteiger partial charge in [0.2, 0.25) is 6.79 Å². The Morgan fingerprint density at radius 1 is 1.04 bits per heavy atom. The number of hydrogen-bond acceptors (Lipinski definition) is 4. The second-order valence-electron chi connectivity index (χ2n) is 5.97. The molecule has 0 atom stereocenters. The zero-order chi connectivity index (χ0) is 19.2. The van der Waals surface area contributed by atoms with Gasteiger partial charge in [0.05, 0.1) is 0 Å². The highest BCUT2D eigenvalue weighted by molar-refractivity contribution is 6.05. The molecule has 3 rings (SSSR count). The van der Waals surface area contributed by atoms with Crippen molar-refractivity contribution < 1.29 is 19.1 Å². The number of carbonyl (C=O) groups is 2. The van der Waals surface area contributed by atoms with Gasteiger partial charge >= 0.3 is 0 Å². The van der Waals surface area contributed by atoms with E-state index in [0.717, 1.165) is 5.56 Å². The second-order valence-corrected chi connectivity index (χ2v) is 5.97. The van der Waals surface area contributed by atoms with E-state index in [9.17, 15) is 9.59 Å². The maximum atomic E-state index is 12.9. The molecule has 1 heterocycles. The van der Waals surface area contributed by atoms with Gasteiger partial charge < -0.3 is 19.7 Å². The first-order chi connectivity index (χ1) is 13.1. The van der Waals surface area contributed by atoms with Gasteiger partial charge in [0, 0.05) is 18.7 Å². The van der Waals surface area contributed by atoms with Crippen LogP contribution in [0.25, 0.3) is 6.08 Å². The SMILES string of the molecule is CCN(CC)C(=O)/C(=C/c1ccc2c(c1)OCO2)NC(=O)c1ccccc1. The van der Waals surface area contributed by atoms with Gasteiger partial charge in [-0.25, -0.2) is 0 Å². The van der Waals surface area contributed by atoms with Crippen LogP contribution in [-0.2, 0) is 4.79 Å². The van der Waals surface area contributed by atoms with Gasteiger partial charge in [-0.2, -0.15) is 0 Å². The van der Waals surface area contributed by atoms with Crippen molar-refractivity contribution in [1.29, 1.82) is 0 Å². The number of amides is 2. The molecule has 0 saturated heterocycles. The summed E-state index contributed by atoms with van der Waals surface area (Å²) in [5.41, 5.74) is 1.44. The van der Waals surface area contributed by atoms with Crippen LogP contribution < -0.4 is 14.8 Å². The third-order valence-electron chi connectivity index (χ3n) is 4.27. The van der Waals surface area contributed by atoms with Gasteiger partial charge in [-0.3, -0.25) is 9.59 Å². The zero-order valence-electron chi connectivity index (χ0n) is 15.4. The minimum absolute atomic E-state index is 0.179. The molecule has 2 amide bonds. The van der Waals surface area contributed by atoms with Crippen molar-refractivity contribution in [3.05, 3.63) is 65.4 Å². The Kier molecular flexibility index (Phi) is 5.76. The van der Waals surface area contributed by atoms with Crippen LogP contribution in [0.15, 0.2) is 54.2 Å². The first-order valence-corrected chi connectivity index (χ1v) is 8.89. The fourth-order valence-electron chi connectivity index (χ4n) is 2.79. The van der Waals surface area contributed by atoms with Gasteiger partial charge in [0.15, 0.2) is 11.5 Å². The average Bonchev–Trinajstić information content (AvgIpc) is 3.16. The van der Waals surface area contributed by atoms with Crippen LogP contribution in [0.3, 0.4) is 0 Å². The van der Waals surface area contributed by atoms with E-state index in [2.05, 4.69) is 5.32 Å². The lowest BCUT2D eigenvalue weighted by molar-refractivity contribution is -0.127. The summed E-state index contributed by atoms with van der Waals surface area (Å²) in [6.07, 6.45) is 1.66. The molecule has 0 fully saturated rings. The summed E-state index contributed by atoms with van der Waals surface area (Å²) < 4.78 is 10.7. The Balaban J connectivity index is 1.91. The molecule has 0 radical (unpaired) electrons. The van der Waals surface area contributed by atoms with Gasteiger partial charge in [0.1, 0.15) is 5.70 Å². The summed E-state index contributed by atoms with van der Waals surface area (Å²) in [6.45, 7) is 5.08. The number of fused-ring (bicyclic) bond motifs is 1. The standard InChI is InChI=1S/C21H22N2O4/c1-3-23(4-2)21(25)17(22-20(24)16-8-6-5-7-9-16)12-15-10-11-18-19(13-15)27-14-26-18/h5-13H,3-4,14H2,1-2H3,(H,22,24)/b17-12-. The number of rotatable bonds is 6. The first-order valence-electron chi connectivity index (χ1n) is 8.89. The Morgan fingerprint density at radius 3 is 2.44 bits per heavy atom. The number of carbonyl (C=O) groups excluding carboxylic acids is 2. The highest BCUT2D eigenvalue weighted by Gasteiger charge is 2.20. The molecule has 0 unspecified atom stereocenters. The predicted molar refractivity (Wildman–Crippen MR) is 102 cm³/mol. The molecule has 1 aliphatic heterocycles. The summed E-state index contributed by atoms with van der Waals surface area (Å²) in [4.78, 5) is 27.1. The topological polar surface area (TPSA) is 67.9 Å². The molecule has 0 spiro atoms. The smallest absolute Gasteiger partial charge is 0.270 e. The Hall–Kier alpha value is -3.28. The maximum absolute atomic E-state index is 12.9. The van der Waals surface area contributed by atoms with Crippen molar-refractivity contribution in [3.63, 3.8) is 0 Å². The van der Waals surface area contributed by atoms with E-state index in [-0.39, 0.29) is 24.3 Å². The summed E-state index contributed by atoms with van der Waals surface area (Å²) >= 11 is 0. The molecule has 1 N–H and O–H groups in total. The lowest BCUT2D eigenvalue weighted by atomic mass is 10.1. The third-order valence-corrected chi connectivity index (χ3v) is 4.27. The third kappa shape index (κ3) is 4.28. The summed E-state index contributed by atoms with van der Waals surface area (Å²) in [7, 11) is 0. The summed E-state index contributed by atoms with van der Waals surface area (Å²) in [6, 6.07) is 14.2. The quantitative estimate of drug-likeness (QED) is 0.798. The first kappa shape index (κ1) is 18.5. The van der Waals surface area contributed by atoms with Crippen LogP contribution in [0.5, 0.6) is 11.5 Å². The monoisotopic (exact) mass is 366 g/mol. The number of nitrogens with one attached hydrogen (secondary N) is 1. The van der Waals surface area contributed by atoms with E-state index < -0.39 is 0 Å². The minimum Gasteiger partial charge on any atom is -0.454 e. The van der Waals surface area contributed by atoms with E-state index in [1.165, 1.54) is 0 Å². The Morgan fingerprint density at radius 2 is 1.74 bits per heavy atom. The van der Waals surface area contributed by atoms with Crippen molar-refractivity contribution >= 4 is 17.9 Å². The number of nitrogens with zero attached hydrogens (tertiary/aromatic N) is 1. The molecule has 2 aromatic rings. The van der Waals surface area contributed by atoms with Crippen LogP contribution in [0, 0.1) is 0 Å². The van der Waals surface area contributed by atoms with Crippen molar-refractivity contribution in [1.82, 2.24) is 10.2 Å². The normalized spacial score (nSPS) is 12.6. The Labute approximate surface area is 158 Å². The molecule has 2 aromatic carbocycles. The number of benzene rings is 2. The lowest BCUT2D eigenvalue weighted by Crippen LogP contribution is -2.38. The van der Waals surface area contributed by atoms with Gasteiger partial charge in [-0.05, 0) is 49.8 Å². The molecular weight excluding hydrogens is 344 g/mol. The molecule has 1 aliphatic rings. The van der Waals surface area contributed by atoms with Crippen LogP contribution >= 0.6 is 0 Å². The fourth-order valence-corrected chi connectivity index (χ4v) is 2.79. The van der Waals surface area contributed by atoms with E-state index in [0.29, 0.717) is 30.2 Å². The van der Waals surface area contributed by atoms with Crippen LogP contribution in [0.4, 0.5) is 0 Å². The molecule has 0 bridgehead atoms. The van der Waals surface area contributed by atoms with Crippen LogP contribution in [0.1, 0.15) is 29.8 Å². The van der Waals surface area contributed by atoms with Gasteiger partial charge in [-0.15, -0.1) is 0 Å². The molecule has 0 aromatic heterocycles. The molecule has 6 heteroatoms. The predicted octanol–water partition coefficient (Wildman–Crippen LogP) is 3.05. The van der Waals surface area contributed by atoms with E-state index in [4.69, 9.17) is 9.47 Å². The lowest BCUT2D eigenvalue weighted by Gasteiger charge is -2.21. The number of ether oxygens (including phenoxy) is 2. The minimum atomic E-state index is -0.330. The highest BCUT2D eigenvalue weighted by Crippen LogP contribution is 2.33. The zero-order valence-corrected chi connectivity index (χ0v) is 15.4. The van der Waals surface area contributed by atoms with Gasteiger partial charge in [-0.1, -0.05) is 24.3 Å². The maximum Gasteiger partial charge on any atom is 0.270 e. The van der Waals surface area contributed by atoms with Crippen molar-refractivity contribution in [2.45, 2.75) is 13.8 Å². The van der Waals surface area contributed by atoms with Gasteiger partial charge in [0.25, 0.3) is 11.8 Å². The molecule has 140 valence electrons. The second kappa shape index (κ2) is 8.40.